The molecule has 3 rings (SSSR count). The van der Waals surface area contributed by atoms with Gasteiger partial charge in [-0.05, 0) is 34.9 Å². The first-order valence-electron chi connectivity index (χ1n) is 6.03. The van der Waals surface area contributed by atoms with Gasteiger partial charge in [0.1, 0.15) is 5.82 Å². The molecule has 0 aliphatic heterocycles. The second kappa shape index (κ2) is 4.95. The Bertz CT molecular complexity index is 732. The minimum Gasteiger partial charge on any atom is -0.206 e. The minimum atomic E-state index is -0.448. The largest absolute Gasteiger partial charge is 0.206 e. The topological polar surface area (TPSA) is 0 Å². The molecule has 0 fully saturated rings. The molecule has 0 spiro atoms. The van der Waals surface area contributed by atoms with Crippen molar-refractivity contribution in [3.63, 3.8) is 0 Å². The SMILES string of the molecule is Cc1cccc(C(Cl)c2csc3ccccc23)c1F. The molecule has 0 amide bonds. The van der Waals surface area contributed by atoms with Gasteiger partial charge >= 0.3 is 0 Å². The highest BCUT2D eigenvalue weighted by Crippen LogP contribution is 2.38. The molecule has 1 atom stereocenters. The summed E-state index contributed by atoms with van der Waals surface area (Å²) in [5.41, 5.74) is 2.15. The van der Waals surface area contributed by atoms with Crippen LogP contribution in [0, 0.1) is 12.7 Å². The first-order valence-corrected chi connectivity index (χ1v) is 7.35. The van der Waals surface area contributed by atoms with E-state index in [2.05, 4.69) is 6.07 Å². The Balaban J connectivity index is 2.13. The van der Waals surface area contributed by atoms with Crippen molar-refractivity contribution < 1.29 is 4.39 Å². The van der Waals surface area contributed by atoms with Gasteiger partial charge in [-0.2, -0.15) is 0 Å². The molecular formula is C16H12ClFS. The van der Waals surface area contributed by atoms with Gasteiger partial charge < -0.3 is 0 Å². The summed E-state index contributed by atoms with van der Waals surface area (Å²) >= 11 is 8.14. The van der Waals surface area contributed by atoms with Crippen molar-refractivity contribution in [2.45, 2.75) is 12.3 Å². The van der Waals surface area contributed by atoms with Crippen LogP contribution in [0.15, 0.2) is 47.8 Å². The monoisotopic (exact) mass is 290 g/mol. The van der Waals surface area contributed by atoms with Crippen LogP contribution in [0.25, 0.3) is 10.1 Å². The first-order chi connectivity index (χ1) is 9.18. The van der Waals surface area contributed by atoms with E-state index in [1.165, 1.54) is 4.70 Å². The predicted molar refractivity (Wildman–Crippen MR) is 80.7 cm³/mol. The lowest BCUT2D eigenvalue weighted by molar-refractivity contribution is 0.603. The van der Waals surface area contributed by atoms with Crippen LogP contribution in [0.2, 0.25) is 0 Å². The molecule has 0 aliphatic rings. The van der Waals surface area contributed by atoms with Gasteiger partial charge in [0.05, 0.1) is 5.38 Å². The van der Waals surface area contributed by atoms with Gasteiger partial charge in [-0.1, -0.05) is 36.4 Å². The maximum absolute atomic E-state index is 14.2. The molecule has 3 aromatic rings. The molecule has 0 saturated carbocycles. The lowest BCUT2D eigenvalue weighted by Crippen LogP contribution is -1.98. The summed E-state index contributed by atoms with van der Waals surface area (Å²) in [4.78, 5) is 0. The fourth-order valence-electron chi connectivity index (χ4n) is 2.23. The summed E-state index contributed by atoms with van der Waals surface area (Å²) in [6, 6.07) is 13.4. The molecule has 0 radical (unpaired) electrons. The molecule has 2 aromatic carbocycles. The van der Waals surface area contributed by atoms with E-state index in [9.17, 15) is 4.39 Å². The lowest BCUT2D eigenvalue weighted by Gasteiger charge is -2.11. The summed E-state index contributed by atoms with van der Waals surface area (Å²) in [7, 11) is 0. The van der Waals surface area contributed by atoms with Crippen molar-refractivity contribution in [3.8, 4) is 0 Å². The molecule has 0 aliphatic carbocycles. The molecule has 1 aromatic heterocycles. The third kappa shape index (κ3) is 2.15. The molecule has 96 valence electrons. The number of hydrogen-bond donors (Lipinski definition) is 0. The number of halogens is 2. The quantitative estimate of drug-likeness (QED) is 0.533. The number of rotatable bonds is 2. The number of aryl methyl sites for hydroxylation is 1. The predicted octanol–water partition coefficient (Wildman–Crippen LogP) is 5.68. The van der Waals surface area contributed by atoms with E-state index in [0.29, 0.717) is 11.1 Å². The Morgan fingerprint density at radius 1 is 1.05 bits per heavy atom. The normalized spacial score (nSPS) is 12.8. The Morgan fingerprint density at radius 2 is 1.84 bits per heavy atom. The van der Waals surface area contributed by atoms with E-state index in [-0.39, 0.29) is 5.82 Å². The zero-order valence-electron chi connectivity index (χ0n) is 10.4. The summed E-state index contributed by atoms with van der Waals surface area (Å²) in [6.07, 6.45) is 0. The van der Waals surface area contributed by atoms with Gasteiger partial charge in [0.2, 0.25) is 0 Å². The van der Waals surface area contributed by atoms with E-state index in [4.69, 9.17) is 11.6 Å². The average Bonchev–Trinajstić information content (AvgIpc) is 2.85. The molecule has 0 nitrogen and oxygen atoms in total. The standard InChI is InChI=1S/C16H12ClFS/c1-10-5-4-7-12(16(10)18)15(17)13-9-19-14-8-3-2-6-11(13)14/h2-9,15H,1H3. The lowest BCUT2D eigenvalue weighted by atomic mass is 10.0. The van der Waals surface area contributed by atoms with Gasteiger partial charge in [0.15, 0.2) is 0 Å². The molecule has 19 heavy (non-hydrogen) atoms. The number of thiophene rings is 1. The van der Waals surface area contributed by atoms with Gasteiger partial charge in [0.25, 0.3) is 0 Å². The van der Waals surface area contributed by atoms with E-state index in [1.54, 1.807) is 30.4 Å². The number of fused-ring (bicyclic) bond motifs is 1. The molecule has 0 bridgehead atoms. The third-order valence-corrected chi connectivity index (χ3v) is 4.73. The van der Waals surface area contributed by atoms with Crippen LogP contribution in [0.1, 0.15) is 22.1 Å². The van der Waals surface area contributed by atoms with Crippen molar-refractivity contribution in [2.75, 3.05) is 0 Å². The Labute approximate surface area is 120 Å². The maximum atomic E-state index is 14.2. The number of benzene rings is 2. The van der Waals surface area contributed by atoms with Crippen molar-refractivity contribution >= 4 is 33.0 Å². The molecule has 0 N–H and O–H groups in total. The minimum absolute atomic E-state index is 0.210. The highest BCUT2D eigenvalue weighted by molar-refractivity contribution is 7.17. The van der Waals surface area contributed by atoms with E-state index in [1.807, 2.05) is 29.6 Å². The van der Waals surface area contributed by atoms with Crippen molar-refractivity contribution in [3.05, 3.63) is 70.4 Å². The number of alkyl halides is 1. The van der Waals surface area contributed by atoms with E-state index >= 15 is 0 Å². The van der Waals surface area contributed by atoms with Crippen LogP contribution in [-0.4, -0.2) is 0 Å². The van der Waals surface area contributed by atoms with E-state index < -0.39 is 5.38 Å². The zero-order valence-corrected chi connectivity index (χ0v) is 11.9. The summed E-state index contributed by atoms with van der Waals surface area (Å²) in [5, 5.41) is 2.67. The average molecular weight is 291 g/mol. The van der Waals surface area contributed by atoms with Crippen LogP contribution < -0.4 is 0 Å². The fourth-order valence-corrected chi connectivity index (χ4v) is 3.64. The van der Waals surface area contributed by atoms with Gasteiger partial charge in [-0.25, -0.2) is 4.39 Å². The van der Waals surface area contributed by atoms with Crippen LogP contribution in [0.3, 0.4) is 0 Å². The van der Waals surface area contributed by atoms with Gasteiger partial charge in [0, 0.05) is 10.3 Å². The van der Waals surface area contributed by atoms with Crippen molar-refractivity contribution in [1.29, 1.82) is 0 Å². The second-order valence-electron chi connectivity index (χ2n) is 4.53. The molecule has 0 saturated heterocycles. The smallest absolute Gasteiger partial charge is 0.131 e. The Hall–Kier alpha value is -1.38. The molecule has 3 heteroatoms. The Kier molecular flexibility index (Phi) is 3.29. The molecule has 1 unspecified atom stereocenters. The fraction of sp³-hybridized carbons (Fsp3) is 0.125. The van der Waals surface area contributed by atoms with Gasteiger partial charge in [-0.3, -0.25) is 0 Å². The van der Waals surface area contributed by atoms with Crippen LogP contribution in [-0.2, 0) is 0 Å². The maximum Gasteiger partial charge on any atom is 0.131 e. The van der Waals surface area contributed by atoms with Crippen molar-refractivity contribution in [2.24, 2.45) is 0 Å². The van der Waals surface area contributed by atoms with E-state index in [0.717, 1.165) is 10.9 Å². The first kappa shape index (κ1) is 12.6. The molecular weight excluding hydrogens is 279 g/mol. The highest BCUT2D eigenvalue weighted by atomic mass is 35.5. The van der Waals surface area contributed by atoms with Crippen LogP contribution in [0.5, 0.6) is 0 Å². The molecule has 1 heterocycles. The summed E-state index contributed by atoms with van der Waals surface area (Å²) < 4.78 is 15.3. The second-order valence-corrected chi connectivity index (χ2v) is 5.88. The van der Waals surface area contributed by atoms with Crippen LogP contribution in [0.4, 0.5) is 4.39 Å². The summed E-state index contributed by atoms with van der Waals surface area (Å²) in [6.45, 7) is 1.76. The van der Waals surface area contributed by atoms with Gasteiger partial charge in [-0.15, -0.1) is 22.9 Å². The van der Waals surface area contributed by atoms with Crippen LogP contribution >= 0.6 is 22.9 Å². The number of hydrogen-bond acceptors (Lipinski definition) is 1. The Morgan fingerprint density at radius 3 is 2.68 bits per heavy atom. The third-order valence-electron chi connectivity index (χ3n) is 3.28. The summed E-state index contributed by atoms with van der Waals surface area (Å²) in [5.74, 6) is -0.210. The highest BCUT2D eigenvalue weighted by Gasteiger charge is 2.19. The van der Waals surface area contributed by atoms with Crippen molar-refractivity contribution in [1.82, 2.24) is 0 Å². The zero-order chi connectivity index (χ0) is 13.4.